The lowest BCUT2D eigenvalue weighted by atomic mass is 10.0. The Balaban J connectivity index is 2.01. The molecule has 0 fully saturated rings. The highest BCUT2D eigenvalue weighted by Gasteiger charge is 2.38. The van der Waals surface area contributed by atoms with Crippen LogP contribution >= 0.6 is 0 Å². The van der Waals surface area contributed by atoms with Crippen molar-refractivity contribution in [1.82, 2.24) is 25.1 Å². The van der Waals surface area contributed by atoms with Crippen LogP contribution in [0, 0.1) is 5.82 Å². The Morgan fingerprint density at radius 1 is 1.42 bits per heavy atom. The lowest BCUT2D eigenvalue weighted by molar-refractivity contribution is 0.0877. The Bertz CT molecular complexity index is 833. The van der Waals surface area contributed by atoms with Crippen LogP contribution in [0.5, 0.6) is 6.01 Å². The van der Waals surface area contributed by atoms with Crippen LogP contribution in [-0.4, -0.2) is 32.3 Å². The average Bonchev–Trinajstić information content (AvgIpc) is 3.10. The van der Waals surface area contributed by atoms with Gasteiger partial charge in [0.2, 0.25) is 5.91 Å². The Morgan fingerprint density at radius 3 is 2.88 bits per heavy atom. The standard InChI is InChI=1S/C17H23FN6O2/c1-5-7-12(25)24-13-10(8-20-17(13,3)4)14(23-24)21-15-11(18)9-19-16(22-15)26-6-2/h9,20H,5-8H2,1-4H3,(H,19,21,22,23). The highest BCUT2D eigenvalue weighted by molar-refractivity contribution is 5.81. The maximum Gasteiger partial charge on any atom is 0.318 e. The molecule has 26 heavy (non-hydrogen) atoms. The number of ether oxygens (including phenoxy) is 1. The number of fused-ring (bicyclic) bond motifs is 1. The number of hydrogen-bond acceptors (Lipinski definition) is 7. The van der Waals surface area contributed by atoms with Gasteiger partial charge in [0.1, 0.15) is 0 Å². The van der Waals surface area contributed by atoms with Crippen LogP contribution in [0.3, 0.4) is 0 Å². The molecule has 0 amide bonds. The van der Waals surface area contributed by atoms with Crippen LogP contribution in [0.2, 0.25) is 0 Å². The van der Waals surface area contributed by atoms with E-state index in [1.807, 2.05) is 20.8 Å². The molecule has 9 heteroatoms. The molecule has 1 aliphatic rings. The number of halogens is 1. The van der Waals surface area contributed by atoms with E-state index >= 15 is 0 Å². The van der Waals surface area contributed by atoms with Crippen LogP contribution in [0.15, 0.2) is 6.20 Å². The van der Waals surface area contributed by atoms with E-state index < -0.39 is 11.4 Å². The van der Waals surface area contributed by atoms with Gasteiger partial charge < -0.3 is 15.4 Å². The van der Waals surface area contributed by atoms with Crippen LogP contribution in [0.1, 0.15) is 56.6 Å². The van der Waals surface area contributed by atoms with Crippen molar-refractivity contribution in [2.75, 3.05) is 11.9 Å². The van der Waals surface area contributed by atoms with Gasteiger partial charge in [-0.3, -0.25) is 4.79 Å². The molecule has 3 rings (SSSR count). The van der Waals surface area contributed by atoms with Crippen molar-refractivity contribution in [2.24, 2.45) is 0 Å². The summed E-state index contributed by atoms with van der Waals surface area (Å²) in [5, 5.41) is 10.6. The van der Waals surface area contributed by atoms with Crippen LogP contribution in [-0.2, 0) is 12.1 Å². The molecule has 0 unspecified atom stereocenters. The Labute approximate surface area is 151 Å². The van der Waals surface area contributed by atoms with Crippen LogP contribution in [0.4, 0.5) is 16.0 Å². The zero-order chi connectivity index (χ0) is 18.9. The summed E-state index contributed by atoms with van der Waals surface area (Å²) in [6.07, 6.45) is 2.16. The first-order chi connectivity index (χ1) is 12.4. The second-order valence-corrected chi connectivity index (χ2v) is 6.62. The van der Waals surface area contributed by atoms with E-state index in [9.17, 15) is 9.18 Å². The first-order valence-corrected chi connectivity index (χ1v) is 8.70. The van der Waals surface area contributed by atoms with Gasteiger partial charge in [-0.2, -0.15) is 4.98 Å². The number of rotatable bonds is 6. The molecule has 140 valence electrons. The highest BCUT2D eigenvalue weighted by Crippen LogP contribution is 2.36. The Hall–Kier alpha value is -2.55. The molecular formula is C17H23FN6O2. The fourth-order valence-corrected chi connectivity index (χ4v) is 3.00. The van der Waals surface area contributed by atoms with Crippen molar-refractivity contribution >= 4 is 17.5 Å². The molecule has 8 nitrogen and oxygen atoms in total. The molecule has 2 aromatic heterocycles. The van der Waals surface area contributed by atoms with Crippen molar-refractivity contribution in [3.8, 4) is 6.01 Å². The maximum atomic E-state index is 14.1. The third kappa shape index (κ3) is 3.26. The molecular weight excluding hydrogens is 339 g/mol. The lowest BCUT2D eigenvalue weighted by Crippen LogP contribution is -2.33. The first-order valence-electron chi connectivity index (χ1n) is 8.70. The normalized spacial score (nSPS) is 15.0. The molecule has 0 spiro atoms. The maximum absolute atomic E-state index is 14.1. The van der Waals surface area contributed by atoms with Gasteiger partial charge in [-0.25, -0.2) is 14.1 Å². The van der Waals surface area contributed by atoms with Gasteiger partial charge >= 0.3 is 6.01 Å². The Kier molecular flexibility index (Phi) is 4.90. The number of nitrogens with zero attached hydrogens (tertiary/aromatic N) is 4. The fourth-order valence-electron chi connectivity index (χ4n) is 3.00. The number of hydrogen-bond donors (Lipinski definition) is 2. The molecule has 0 saturated heterocycles. The molecule has 2 aromatic rings. The quantitative estimate of drug-likeness (QED) is 0.816. The summed E-state index contributed by atoms with van der Waals surface area (Å²) >= 11 is 0. The molecule has 0 radical (unpaired) electrons. The summed E-state index contributed by atoms with van der Waals surface area (Å²) in [5.74, 6) is -0.347. The number of carbonyl (C=O) groups excluding carboxylic acids is 1. The summed E-state index contributed by atoms with van der Waals surface area (Å²) in [5.41, 5.74) is 1.21. The van der Waals surface area contributed by atoms with E-state index in [0.29, 0.717) is 25.4 Å². The number of anilines is 2. The number of carbonyl (C=O) groups is 1. The van der Waals surface area contributed by atoms with Gasteiger partial charge in [0.25, 0.3) is 0 Å². The molecule has 1 aliphatic heterocycles. The predicted molar refractivity (Wildman–Crippen MR) is 94.1 cm³/mol. The number of nitrogens with one attached hydrogen (secondary N) is 2. The summed E-state index contributed by atoms with van der Waals surface area (Å²) in [6, 6.07) is 0.0768. The first kappa shape index (κ1) is 18.2. The van der Waals surface area contributed by atoms with Gasteiger partial charge in [0, 0.05) is 18.5 Å². The van der Waals surface area contributed by atoms with Crippen molar-refractivity contribution in [3.05, 3.63) is 23.3 Å². The van der Waals surface area contributed by atoms with E-state index in [-0.39, 0.29) is 17.7 Å². The summed E-state index contributed by atoms with van der Waals surface area (Å²) in [4.78, 5) is 20.3. The second-order valence-electron chi connectivity index (χ2n) is 6.62. The van der Waals surface area contributed by atoms with Gasteiger partial charge in [-0.1, -0.05) is 6.92 Å². The molecule has 0 aromatic carbocycles. The van der Waals surface area contributed by atoms with Gasteiger partial charge in [0.05, 0.1) is 24.0 Å². The lowest BCUT2D eigenvalue weighted by Gasteiger charge is -2.20. The van der Waals surface area contributed by atoms with Crippen LogP contribution < -0.4 is 15.4 Å². The number of aromatic nitrogens is 4. The second kappa shape index (κ2) is 6.99. The zero-order valence-corrected chi connectivity index (χ0v) is 15.4. The molecule has 3 heterocycles. The van der Waals surface area contributed by atoms with Gasteiger partial charge in [0.15, 0.2) is 17.5 Å². The fraction of sp³-hybridized carbons (Fsp3) is 0.529. The highest BCUT2D eigenvalue weighted by atomic mass is 19.1. The molecule has 0 atom stereocenters. The van der Waals surface area contributed by atoms with Gasteiger partial charge in [-0.15, -0.1) is 5.10 Å². The SMILES string of the molecule is CCCC(=O)n1nc(Nc2nc(OCC)ncc2F)c2c1C(C)(C)NC2. The summed E-state index contributed by atoms with van der Waals surface area (Å²) in [7, 11) is 0. The summed E-state index contributed by atoms with van der Waals surface area (Å²) < 4.78 is 20.8. The largest absolute Gasteiger partial charge is 0.464 e. The topological polar surface area (TPSA) is 94.0 Å². The van der Waals surface area contributed by atoms with E-state index in [4.69, 9.17) is 4.74 Å². The minimum Gasteiger partial charge on any atom is -0.464 e. The van der Waals surface area contributed by atoms with Crippen molar-refractivity contribution < 1.29 is 13.9 Å². The third-order valence-corrected chi connectivity index (χ3v) is 4.21. The summed E-state index contributed by atoms with van der Waals surface area (Å²) in [6.45, 7) is 8.60. The van der Waals surface area contributed by atoms with E-state index in [1.165, 1.54) is 4.68 Å². The molecule has 0 bridgehead atoms. The van der Waals surface area contributed by atoms with Crippen molar-refractivity contribution in [2.45, 2.75) is 52.6 Å². The minimum absolute atomic E-state index is 0.0384. The van der Waals surface area contributed by atoms with Crippen molar-refractivity contribution in [3.63, 3.8) is 0 Å². The smallest absolute Gasteiger partial charge is 0.318 e. The van der Waals surface area contributed by atoms with E-state index in [1.54, 1.807) is 6.92 Å². The third-order valence-electron chi connectivity index (χ3n) is 4.21. The predicted octanol–water partition coefficient (Wildman–Crippen LogP) is 2.73. The zero-order valence-electron chi connectivity index (χ0n) is 15.4. The monoisotopic (exact) mass is 362 g/mol. The molecule has 0 aliphatic carbocycles. The van der Waals surface area contributed by atoms with E-state index in [2.05, 4.69) is 25.7 Å². The van der Waals surface area contributed by atoms with Gasteiger partial charge in [-0.05, 0) is 27.2 Å². The minimum atomic E-state index is -0.623. The average molecular weight is 362 g/mol. The molecule has 0 saturated carbocycles. The Morgan fingerprint density at radius 2 is 2.19 bits per heavy atom. The van der Waals surface area contributed by atoms with Crippen LogP contribution in [0.25, 0.3) is 0 Å². The van der Waals surface area contributed by atoms with E-state index in [0.717, 1.165) is 23.9 Å². The van der Waals surface area contributed by atoms with Crippen molar-refractivity contribution in [1.29, 1.82) is 0 Å². The molecule has 2 N–H and O–H groups in total.